The van der Waals surface area contributed by atoms with E-state index in [0.29, 0.717) is 10.6 Å². The van der Waals surface area contributed by atoms with Crippen LogP contribution in [0.4, 0.5) is 13.2 Å². The predicted octanol–water partition coefficient (Wildman–Crippen LogP) is 6.12. The van der Waals surface area contributed by atoms with Crippen molar-refractivity contribution in [1.82, 2.24) is 4.98 Å². The first-order valence-corrected chi connectivity index (χ1v) is 8.18. The fourth-order valence-electron chi connectivity index (χ4n) is 2.31. The van der Waals surface area contributed by atoms with E-state index in [4.69, 9.17) is 32.4 Å². The highest BCUT2D eigenvalue weighted by atomic mass is 35.5. The van der Waals surface area contributed by atoms with Gasteiger partial charge < -0.3 is 9.15 Å². The Labute approximate surface area is 161 Å². The van der Waals surface area contributed by atoms with E-state index in [9.17, 15) is 18.0 Å². The van der Waals surface area contributed by atoms with Crippen molar-refractivity contribution in [3.05, 3.63) is 63.8 Å². The van der Waals surface area contributed by atoms with Gasteiger partial charge in [-0.25, -0.2) is 9.78 Å². The SMILES string of the molecule is COC(=O)c1nc(-c2ccc(C(F)(F)F)cc2)oc1-c1ccc(Cl)c(Cl)c1. The molecular weight excluding hydrogens is 406 g/mol. The van der Waals surface area contributed by atoms with Crippen molar-refractivity contribution >= 4 is 29.2 Å². The van der Waals surface area contributed by atoms with E-state index in [1.807, 2.05) is 0 Å². The average Bonchev–Trinajstić information content (AvgIpc) is 3.08. The maximum absolute atomic E-state index is 12.7. The van der Waals surface area contributed by atoms with E-state index >= 15 is 0 Å². The summed E-state index contributed by atoms with van der Waals surface area (Å²) in [5.74, 6) is -0.738. The predicted molar refractivity (Wildman–Crippen MR) is 93.7 cm³/mol. The summed E-state index contributed by atoms with van der Waals surface area (Å²) in [5, 5.41) is 0.542. The van der Waals surface area contributed by atoms with Crippen LogP contribution in [0.15, 0.2) is 46.9 Å². The number of ether oxygens (including phenoxy) is 1. The van der Waals surface area contributed by atoms with Crippen molar-refractivity contribution in [2.45, 2.75) is 6.18 Å². The lowest BCUT2D eigenvalue weighted by Crippen LogP contribution is -2.04. The molecule has 3 rings (SSSR count). The first-order valence-electron chi connectivity index (χ1n) is 7.43. The van der Waals surface area contributed by atoms with Gasteiger partial charge in [0.1, 0.15) is 0 Å². The molecule has 0 fully saturated rings. The number of benzene rings is 2. The first-order chi connectivity index (χ1) is 12.7. The van der Waals surface area contributed by atoms with Crippen LogP contribution in [0.2, 0.25) is 10.0 Å². The number of carbonyl (C=O) groups excluding carboxylic acids is 1. The molecule has 1 heterocycles. The van der Waals surface area contributed by atoms with Crippen LogP contribution < -0.4 is 0 Å². The third-order valence-electron chi connectivity index (χ3n) is 3.65. The van der Waals surface area contributed by atoms with Crippen LogP contribution in [0.25, 0.3) is 22.8 Å². The van der Waals surface area contributed by atoms with Gasteiger partial charge in [0.05, 0.1) is 22.7 Å². The molecule has 0 amide bonds. The monoisotopic (exact) mass is 415 g/mol. The maximum atomic E-state index is 12.7. The molecule has 0 saturated heterocycles. The van der Waals surface area contributed by atoms with Crippen LogP contribution in [0.1, 0.15) is 16.1 Å². The molecule has 9 heteroatoms. The fraction of sp³-hybridized carbons (Fsp3) is 0.111. The molecule has 2 aromatic carbocycles. The van der Waals surface area contributed by atoms with E-state index in [2.05, 4.69) is 4.98 Å². The summed E-state index contributed by atoms with van der Waals surface area (Å²) in [6, 6.07) is 8.76. The number of oxazole rings is 1. The molecule has 1 aromatic heterocycles. The lowest BCUT2D eigenvalue weighted by molar-refractivity contribution is -0.137. The number of esters is 1. The Morgan fingerprint density at radius 2 is 1.67 bits per heavy atom. The number of hydrogen-bond acceptors (Lipinski definition) is 4. The van der Waals surface area contributed by atoms with Gasteiger partial charge in [-0.1, -0.05) is 23.2 Å². The minimum absolute atomic E-state index is 0.0369. The molecule has 0 N–H and O–H groups in total. The Bertz CT molecular complexity index is 998. The van der Waals surface area contributed by atoms with Crippen molar-refractivity contribution in [3.8, 4) is 22.8 Å². The quantitative estimate of drug-likeness (QED) is 0.483. The number of alkyl halides is 3. The molecule has 27 heavy (non-hydrogen) atoms. The molecular formula is C18H10Cl2F3NO3. The normalized spacial score (nSPS) is 11.5. The molecule has 0 radical (unpaired) electrons. The summed E-state index contributed by atoms with van der Waals surface area (Å²) in [7, 11) is 1.17. The van der Waals surface area contributed by atoms with E-state index in [-0.39, 0.29) is 27.9 Å². The Kier molecular flexibility index (Phi) is 5.17. The fourth-order valence-corrected chi connectivity index (χ4v) is 2.61. The van der Waals surface area contributed by atoms with Gasteiger partial charge in [-0.3, -0.25) is 0 Å². The van der Waals surface area contributed by atoms with Crippen LogP contribution in [0.5, 0.6) is 0 Å². The molecule has 0 aliphatic carbocycles. The molecule has 0 aliphatic heterocycles. The van der Waals surface area contributed by atoms with Gasteiger partial charge in [-0.15, -0.1) is 0 Å². The Balaban J connectivity index is 2.09. The Hall–Kier alpha value is -2.51. The van der Waals surface area contributed by atoms with E-state index < -0.39 is 17.7 Å². The first kappa shape index (κ1) is 19.3. The molecule has 0 unspecified atom stereocenters. The third-order valence-corrected chi connectivity index (χ3v) is 4.39. The minimum Gasteiger partial charge on any atom is -0.464 e. The van der Waals surface area contributed by atoms with Gasteiger partial charge in [-0.2, -0.15) is 13.2 Å². The lowest BCUT2D eigenvalue weighted by atomic mass is 10.1. The zero-order valence-electron chi connectivity index (χ0n) is 13.6. The van der Waals surface area contributed by atoms with Crippen LogP contribution in [0, 0.1) is 0 Å². The molecule has 0 saturated carbocycles. The highest BCUT2D eigenvalue weighted by Crippen LogP contribution is 2.35. The summed E-state index contributed by atoms with van der Waals surface area (Å²) in [6.07, 6.45) is -4.46. The van der Waals surface area contributed by atoms with E-state index in [0.717, 1.165) is 12.1 Å². The highest BCUT2D eigenvalue weighted by molar-refractivity contribution is 6.42. The van der Waals surface area contributed by atoms with Crippen molar-refractivity contribution in [2.75, 3.05) is 7.11 Å². The van der Waals surface area contributed by atoms with Gasteiger partial charge in [-0.05, 0) is 42.5 Å². The van der Waals surface area contributed by atoms with Gasteiger partial charge >= 0.3 is 12.1 Å². The van der Waals surface area contributed by atoms with Gasteiger partial charge in [0.15, 0.2) is 11.5 Å². The minimum atomic E-state index is -4.46. The number of halogens is 5. The van der Waals surface area contributed by atoms with Gasteiger partial charge in [0, 0.05) is 11.1 Å². The largest absolute Gasteiger partial charge is 0.464 e. The zero-order valence-corrected chi connectivity index (χ0v) is 15.1. The lowest BCUT2D eigenvalue weighted by Gasteiger charge is -2.06. The summed E-state index contributed by atoms with van der Waals surface area (Å²) < 4.78 is 48.5. The number of methoxy groups -OCH3 is 1. The van der Waals surface area contributed by atoms with Crippen LogP contribution in [-0.4, -0.2) is 18.1 Å². The van der Waals surface area contributed by atoms with Crippen molar-refractivity contribution in [2.24, 2.45) is 0 Å². The van der Waals surface area contributed by atoms with Crippen LogP contribution in [0.3, 0.4) is 0 Å². The van der Waals surface area contributed by atoms with Crippen molar-refractivity contribution < 1.29 is 27.1 Å². The maximum Gasteiger partial charge on any atom is 0.416 e. The van der Waals surface area contributed by atoms with Gasteiger partial charge in [0.25, 0.3) is 0 Å². The molecule has 0 atom stereocenters. The van der Waals surface area contributed by atoms with E-state index in [1.54, 1.807) is 6.07 Å². The van der Waals surface area contributed by atoms with Crippen LogP contribution >= 0.6 is 23.2 Å². The molecule has 4 nitrogen and oxygen atoms in total. The number of aromatic nitrogens is 1. The molecule has 0 bridgehead atoms. The Morgan fingerprint density at radius 1 is 1.04 bits per heavy atom. The average molecular weight is 416 g/mol. The van der Waals surface area contributed by atoms with Crippen LogP contribution in [-0.2, 0) is 10.9 Å². The second-order valence-electron chi connectivity index (χ2n) is 5.39. The molecule has 140 valence electrons. The second kappa shape index (κ2) is 7.25. The number of rotatable bonds is 3. The highest BCUT2D eigenvalue weighted by Gasteiger charge is 2.30. The van der Waals surface area contributed by atoms with Crippen molar-refractivity contribution in [1.29, 1.82) is 0 Å². The third kappa shape index (κ3) is 3.94. The van der Waals surface area contributed by atoms with Gasteiger partial charge in [0.2, 0.25) is 5.89 Å². The molecule has 0 aliphatic rings. The molecule has 3 aromatic rings. The summed E-state index contributed by atoms with van der Waals surface area (Å²) in [5.41, 5.74) is -0.267. The summed E-state index contributed by atoms with van der Waals surface area (Å²) in [6.45, 7) is 0. The summed E-state index contributed by atoms with van der Waals surface area (Å²) in [4.78, 5) is 16.1. The number of hydrogen-bond donors (Lipinski definition) is 0. The van der Waals surface area contributed by atoms with E-state index in [1.165, 1.54) is 31.4 Å². The number of nitrogens with zero attached hydrogens (tertiary/aromatic N) is 1. The number of carbonyl (C=O) groups is 1. The summed E-state index contributed by atoms with van der Waals surface area (Å²) >= 11 is 11.9. The molecule has 0 spiro atoms. The topological polar surface area (TPSA) is 52.3 Å². The van der Waals surface area contributed by atoms with Crippen molar-refractivity contribution in [3.63, 3.8) is 0 Å². The standard InChI is InChI=1S/C18H10Cl2F3NO3/c1-26-17(25)14-15(10-4-7-12(19)13(20)8-10)27-16(24-14)9-2-5-11(6-3-9)18(21,22)23/h2-8H,1H3. The smallest absolute Gasteiger partial charge is 0.416 e. The zero-order chi connectivity index (χ0) is 19.8. The second-order valence-corrected chi connectivity index (χ2v) is 6.21. The Morgan fingerprint density at radius 3 is 2.22 bits per heavy atom.